The molecular weight excluding hydrogens is 210 g/mol. The molecule has 0 aliphatic heterocycles. The van der Waals surface area contributed by atoms with Crippen molar-refractivity contribution >= 4 is 0 Å². The molecule has 0 N–H and O–H groups in total. The molecule has 3 rings (SSSR count). The molecule has 0 atom stereocenters. The second-order valence-electron chi connectivity index (χ2n) is 5.95. The van der Waals surface area contributed by atoms with Crippen LogP contribution in [0, 0.1) is 17.8 Å². The smallest absolute Gasteiger partial charge is 0.0692 e. The van der Waals surface area contributed by atoms with Gasteiger partial charge in [-0.25, -0.2) is 0 Å². The van der Waals surface area contributed by atoms with Crippen molar-refractivity contribution in [3.8, 4) is 0 Å². The van der Waals surface area contributed by atoms with Crippen molar-refractivity contribution in [2.24, 2.45) is 17.8 Å². The Hall–Kier alpha value is -0.860. The van der Waals surface area contributed by atoms with E-state index in [1.54, 1.807) is 6.20 Å². The van der Waals surface area contributed by atoms with E-state index in [-0.39, 0.29) is 0 Å². The molecule has 0 saturated heterocycles. The Morgan fingerprint density at radius 3 is 2.29 bits per heavy atom. The molecule has 2 aliphatic carbocycles. The van der Waals surface area contributed by atoms with Crippen molar-refractivity contribution in [3.05, 3.63) is 12.4 Å². The molecule has 1 aromatic heterocycles. The molecule has 0 aromatic carbocycles. The van der Waals surface area contributed by atoms with Crippen molar-refractivity contribution < 1.29 is 0 Å². The van der Waals surface area contributed by atoms with Crippen molar-refractivity contribution in [1.29, 1.82) is 0 Å². The summed E-state index contributed by atoms with van der Waals surface area (Å²) in [5.74, 6) is 2.96. The average molecular weight is 233 g/mol. The molecule has 0 radical (unpaired) electrons. The van der Waals surface area contributed by atoms with Gasteiger partial charge in [0.2, 0.25) is 0 Å². The second kappa shape index (κ2) is 5.19. The average Bonchev–Trinajstić information content (AvgIpc) is 3.01. The number of hydrogen-bond donors (Lipinski definition) is 0. The van der Waals surface area contributed by atoms with Crippen LogP contribution in [0.5, 0.6) is 0 Å². The zero-order valence-electron chi connectivity index (χ0n) is 10.6. The van der Waals surface area contributed by atoms with Crippen LogP contribution in [0.1, 0.15) is 51.4 Å². The summed E-state index contributed by atoms with van der Waals surface area (Å²) in [6, 6.07) is 0. The maximum absolute atomic E-state index is 4.07. The van der Waals surface area contributed by atoms with Crippen LogP contribution in [0.4, 0.5) is 0 Å². The molecule has 3 heteroatoms. The lowest BCUT2D eigenvalue weighted by atomic mass is 9.75. The van der Waals surface area contributed by atoms with E-state index in [1.807, 2.05) is 10.9 Å². The lowest BCUT2D eigenvalue weighted by Gasteiger charge is -2.32. The molecule has 3 nitrogen and oxygen atoms in total. The van der Waals surface area contributed by atoms with Gasteiger partial charge in [0, 0.05) is 12.7 Å². The van der Waals surface area contributed by atoms with Gasteiger partial charge in [0.1, 0.15) is 0 Å². The maximum Gasteiger partial charge on any atom is 0.0692 e. The minimum Gasteiger partial charge on any atom is -0.252 e. The van der Waals surface area contributed by atoms with Crippen molar-refractivity contribution in [2.75, 3.05) is 0 Å². The van der Waals surface area contributed by atoms with E-state index in [9.17, 15) is 0 Å². The molecular formula is C14H23N3. The van der Waals surface area contributed by atoms with E-state index >= 15 is 0 Å². The monoisotopic (exact) mass is 233 g/mol. The Bertz CT molecular complexity index is 319. The van der Waals surface area contributed by atoms with Gasteiger partial charge in [-0.05, 0) is 43.4 Å². The number of aromatic nitrogens is 3. The highest BCUT2D eigenvalue weighted by Gasteiger charge is 2.29. The molecule has 2 aliphatic rings. The minimum absolute atomic E-state index is 0.842. The van der Waals surface area contributed by atoms with Crippen LogP contribution in [0.15, 0.2) is 12.4 Å². The number of rotatable bonds is 3. The molecule has 17 heavy (non-hydrogen) atoms. The fourth-order valence-corrected chi connectivity index (χ4v) is 3.87. The summed E-state index contributed by atoms with van der Waals surface area (Å²) < 4.78 is 2.00. The zero-order valence-corrected chi connectivity index (χ0v) is 10.6. The van der Waals surface area contributed by atoms with Crippen LogP contribution >= 0.6 is 0 Å². The van der Waals surface area contributed by atoms with Gasteiger partial charge in [-0.1, -0.05) is 30.9 Å². The third-order valence-electron chi connectivity index (χ3n) is 4.88. The summed E-state index contributed by atoms with van der Waals surface area (Å²) in [5.41, 5.74) is 0. The largest absolute Gasteiger partial charge is 0.252 e. The second-order valence-corrected chi connectivity index (χ2v) is 5.95. The Labute approximate surface area is 104 Å². The Balaban J connectivity index is 1.47. The van der Waals surface area contributed by atoms with Gasteiger partial charge in [-0.15, -0.1) is 5.10 Å². The van der Waals surface area contributed by atoms with Crippen LogP contribution in [-0.2, 0) is 6.54 Å². The minimum atomic E-state index is 0.842. The van der Waals surface area contributed by atoms with Crippen LogP contribution in [0.25, 0.3) is 0 Å². The lowest BCUT2D eigenvalue weighted by molar-refractivity contribution is 0.190. The molecule has 1 heterocycles. The van der Waals surface area contributed by atoms with Gasteiger partial charge in [0.25, 0.3) is 0 Å². The van der Waals surface area contributed by atoms with E-state index in [4.69, 9.17) is 0 Å². The van der Waals surface area contributed by atoms with Gasteiger partial charge in [-0.3, -0.25) is 4.68 Å². The predicted molar refractivity (Wildman–Crippen MR) is 67.4 cm³/mol. The van der Waals surface area contributed by atoms with Gasteiger partial charge < -0.3 is 0 Å². The fraction of sp³-hybridized carbons (Fsp3) is 0.857. The third-order valence-corrected chi connectivity index (χ3v) is 4.88. The van der Waals surface area contributed by atoms with E-state index in [0.29, 0.717) is 0 Å². The van der Waals surface area contributed by atoms with E-state index < -0.39 is 0 Å². The molecule has 0 amide bonds. The quantitative estimate of drug-likeness (QED) is 0.802. The highest BCUT2D eigenvalue weighted by Crippen LogP contribution is 2.40. The molecule has 1 aromatic rings. The first-order valence-corrected chi connectivity index (χ1v) is 7.26. The standard InChI is InChI=1S/C14H23N3/c1-2-4-13(3-1)14-7-5-12(6-8-14)11-17-10-9-15-16-17/h9-10,12-14H,1-8,11H2. The van der Waals surface area contributed by atoms with Crippen molar-refractivity contribution in [2.45, 2.75) is 57.9 Å². The van der Waals surface area contributed by atoms with Gasteiger partial charge in [-0.2, -0.15) is 0 Å². The van der Waals surface area contributed by atoms with Gasteiger partial charge in [0.15, 0.2) is 0 Å². The molecule has 2 fully saturated rings. The molecule has 0 spiro atoms. The predicted octanol–water partition coefficient (Wildman–Crippen LogP) is 3.27. The van der Waals surface area contributed by atoms with Crippen molar-refractivity contribution in [1.82, 2.24) is 15.0 Å². The Morgan fingerprint density at radius 1 is 0.941 bits per heavy atom. The van der Waals surface area contributed by atoms with E-state index in [2.05, 4.69) is 10.3 Å². The molecule has 2 saturated carbocycles. The molecule has 0 bridgehead atoms. The van der Waals surface area contributed by atoms with E-state index in [1.165, 1.54) is 51.4 Å². The summed E-state index contributed by atoms with van der Waals surface area (Å²) in [6.07, 6.45) is 15.5. The third kappa shape index (κ3) is 2.70. The maximum atomic E-state index is 4.07. The number of hydrogen-bond acceptors (Lipinski definition) is 2. The number of nitrogens with zero attached hydrogens (tertiary/aromatic N) is 3. The highest BCUT2D eigenvalue weighted by molar-refractivity contribution is 4.81. The van der Waals surface area contributed by atoms with Crippen molar-refractivity contribution in [3.63, 3.8) is 0 Å². The zero-order chi connectivity index (χ0) is 11.5. The van der Waals surface area contributed by atoms with Crippen LogP contribution < -0.4 is 0 Å². The summed E-state index contributed by atoms with van der Waals surface area (Å²) >= 11 is 0. The van der Waals surface area contributed by atoms with Gasteiger partial charge in [0.05, 0.1) is 6.20 Å². The van der Waals surface area contributed by atoms with Crippen LogP contribution in [-0.4, -0.2) is 15.0 Å². The summed E-state index contributed by atoms with van der Waals surface area (Å²) in [6.45, 7) is 1.08. The molecule has 94 valence electrons. The van der Waals surface area contributed by atoms with Crippen LogP contribution in [0.3, 0.4) is 0 Å². The first-order valence-electron chi connectivity index (χ1n) is 7.26. The molecule has 0 unspecified atom stereocenters. The summed E-state index contributed by atoms with van der Waals surface area (Å²) in [4.78, 5) is 0. The summed E-state index contributed by atoms with van der Waals surface area (Å²) in [7, 11) is 0. The fourth-order valence-electron chi connectivity index (χ4n) is 3.87. The normalized spacial score (nSPS) is 30.8. The lowest BCUT2D eigenvalue weighted by Crippen LogP contribution is -2.23. The first kappa shape index (κ1) is 11.2. The summed E-state index contributed by atoms with van der Waals surface area (Å²) in [5, 5.41) is 7.95. The van der Waals surface area contributed by atoms with E-state index in [0.717, 1.165) is 24.3 Å². The topological polar surface area (TPSA) is 30.7 Å². The Morgan fingerprint density at radius 2 is 1.65 bits per heavy atom. The Kier molecular flexibility index (Phi) is 3.44. The SMILES string of the molecule is c1cn(CC2CCC(C3CCCC3)CC2)nn1. The van der Waals surface area contributed by atoms with Gasteiger partial charge >= 0.3 is 0 Å². The highest BCUT2D eigenvalue weighted by atomic mass is 15.4. The first-order chi connectivity index (χ1) is 8.42. The van der Waals surface area contributed by atoms with Crippen LogP contribution in [0.2, 0.25) is 0 Å².